The number of nitrogens with zero attached hydrogens (tertiary/aromatic N) is 2. The molecule has 1 aromatic heterocycles. The highest BCUT2D eigenvalue weighted by atomic mass is 16.5. The number of methoxy groups -OCH3 is 1. The van der Waals surface area contributed by atoms with Gasteiger partial charge in [-0.25, -0.2) is 4.98 Å². The molecule has 19 heavy (non-hydrogen) atoms. The second-order valence-electron chi connectivity index (χ2n) is 5.15. The van der Waals surface area contributed by atoms with Gasteiger partial charge in [0, 0.05) is 45.0 Å². The van der Waals surface area contributed by atoms with Crippen molar-refractivity contribution in [3.63, 3.8) is 0 Å². The molecule has 1 aliphatic heterocycles. The number of pyridine rings is 1. The largest absolute Gasteiger partial charge is 0.381 e. The van der Waals surface area contributed by atoms with Crippen LogP contribution in [0.4, 0.5) is 5.82 Å². The fourth-order valence-corrected chi connectivity index (χ4v) is 2.51. The van der Waals surface area contributed by atoms with E-state index in [0.29, 0.717) is 6.10 Å². The van der Waals surface area contributed by atoms with Crippen LogP contribution >= 0.6 is 0 Å². The van der Waals surface area contributed by atoms with E-state index in [1.807, 2.05) is 19.4 Å². The molecule has 4 nitrogen and oxygen atoms in total. The van der Waals surface area contributed by atoms with Crippen molar-refractivity contribution in [3.05, 3.63) is 23.9 Å². The van der Waals surface area contributed by atoms with Crippen molar-refractivity contribution in [2.24, 2.45) is 0 Å². The fraction of sp³-hybridized carbons (Fsp3) is 0.667. The Morgan fingerprint density at radius 3 is 2.89 bits per heavy atom. The van der Waals surface area contributed by atoms with E-state index in [-0.39, 0.29) is 0 Å². The van der Waals surface area contributed by atoms with Crippen LogP contribution in [0, 0.1) is 0 Å². The van der Waals surface area contributed by atoms with Crippen LogP contribution in [0.3, 0.4) is 0 Å². The molecule has 0 bridgehead atoms. The summed E-state index contributed by atoms with van der Waals surface area (Å²) in [6.07, 6.45) is 5.69. The summed E-state index contributed by atoms with van der Waals surface area (Å²) in [5, 5.41) is 3.41. The first-order valence-corrected chi connectivity index (χ1v) is 7.26. The van der Waals surface area contributed by atoms with Crippen LogP contribution < -0.4 is 5.32 Å². The smallest absolute Gasteiger partial charge is 0.130 e. The Morgan fingerprint density at radius 2 is 2.21 bits per heavy atom. The van der Waals surface area contributed by atoms with Gasteiger partial charge in [-0.2, -0.15) is 0 Å². The molecule has 106 valence electrons. The molecule has 1 aromatic rings. The number of likely N-dealkylation sites (tertiary alicyclic amines) is 1. The maximum atomic E-state index is 5.42. The lowest BCUT2D eigenvalue weighted by Gasteiger charge is -2.31. The Bertz CT molecular complexity index is 375. The molecule has 1 N–H and O–H groups in total. The third-order valence-electron chi connectivity index (χ3n) is 3.70. The van der Waals surface area contributed by atoms with E-state index < -0.39 is 0 Å². The summed E-state index contributed by atoms with van der Waals surface area (Å²) < 4.78 is 5.42. The molecule has 2 rings (SSSR count). The van der Waals surface area contributed by atoms with Gasteiger partial charge in [0.05, 0.1) is 6.10 Å². The summed E-state index contributed by atoms with van der Waals surface area (Å²) in [5.74, 6) is 1.04. The van der Waals surface area contributed by atoms with Gasteiger partial charge in [-0.1, -0.05) is 13.0 Å². The van der Waals surface area contributed by atoms with Gasteiger partial charge < -0.3 is 10.1 Å². The van der Waals surface area contributed by atoms with Crippen molar-refractivity contribution in [2.45, 2.75) is 38.8 Å². The second kappa shape index (κ2) is 7.46. The average molecular weight is 263 g/mol. The zero-order chi connectivity index (χ0) is 13.5. The van der Waals surface area contributed by atoms with Crippen LogP contribution in [0.1, 0.15) is 31.7 Å². The normalized spacial score (nSPS) is 17.6. The number of hydrogen-bond donors (Lipinski definition) is 1. The molecule has 4 heteroatoms. The highest BCUT2D eigenvalue weighted by Gasteiger charge is 2.19. The van der Waals surface area contributed by atoms with Gasteiger partial charge >= 0.3 is 0 Å². The minimum atomic E-state index is 0.447. The van der Waals surface area contributed by atoms with Gasteiger partial charge in [-0.15, -0.1) is 0 Å². The van der Waals surface area contributed by atoms with Crippen LogP contribution in [0.5, 0.6) is 0 Å². The quantitative estimate of drug-likeness (QED) is 0.856. The first kappa shape index (κ1) is 14.3. The monoisotopic (exact) mass is 263 g/mol. The number of ether oxygens (including phenoxy) is 1. The zero-order valence-electron chi connectivity index (χ0n) is 12.1. The zero-order valence-corrected chi connectivity index (χ0v) is 12.1. The first-order chi connectivity index (χ1) is 9.33. The van der Waals surface area contributed by atoms with E-state index in [0.717, 1.165) is 51.3 Å². The Morgan fingerprint density at radius 1 is 1.42 bits per heavy atom. The predicted molar refractivity (Wildman–Crippen MR) is 78.3 cm³/mol. The molecule has 1 fully saturated rings. The number of hydrogen-bond acceptors (Lipinski definition) is 4. The van der Waals surface area contributed by atoms with Gasteiger partial charge in [0.15, 0.2) is 0 Å². The molecule has 0 spiro atoms. The molecular weight excluding hydrogens is 238 g/mol. The fourth-order valence-electron chi connectivity index (χ4n) is 2.51. The third-order valence-corrected chi connectivity index (χ3v) is 3.70. The van der Waals surface area contributed by atoms with Crippen LogP contribution in [-0.4, -0.2) is 42.7 Å². The molecule has 1 aliphatic rings. The number of rotatable bonds is 6. The van der Waals surface area contributed by atoms with E-state index in [1.54, 1.807) is 0 Å². The summed E-state index contributed by atoms with van der Waals surface area (Å²) >= 11 is 0. The lowest BCUT2D eigenvalue weighted by atomic mass is 10.1. The molecule has 0 atom stereocenters. The third kappa shape index (κ3) is 4.18. The molecule has 2 heterocycles. The Labute approximate surface area is 116 Å². The van der Waals surface area contributed by atoms with Crippen molar-refractivity contribution in [1.82, 2.24) is 9.88 Å². The highest BCUT2D eigenvalue weighted by Crippen LogP contribution is 2.19. The standard InChI is InChI=1S/C15H25N3O/c1-3-8-16-15-13(5-4-9-17-15)12-18-10-6-14(19-2)7-11-18/h4-5,9,14H,3,6-8,10-12H2,1-2H3,(H,16,17). The van der Waals surface area contributed by atoms with Crippen LogP contribution in [0.2, 0.25) is 0 Å². The maximum absolute atomic E-state index is 5.42. The molecule has 0 unspecified atom stereocenters. The van der Waals surface area contributed by atoms with Gasteiger partial charge in [0.25, 0.3) is 0 Å². The summed E-state index contributed by atoms with van der Waals surface area (Å²) in [4.78, 5) is 6.94. The first-order valence-electron chi connectivity index (χ1n) is 7.26. The van der Waals surface area contributed by atoms with Gasteiger partial charge in [-0.3, -0.25) is 4.90 Å². The number of aromatic nitrogens is 1. The lowest BCUT2D eigenvalue weighted by Crippen LogP contribution is -2.36. The number of anilines is 1. The predicted octanol–water partition coefficient (Wildman–Crippen LogP) is 2.51. The van der Waals surface area contributed by atoms with Crippen LogP contribution in [-0.2, 0) is 11.3 Å². The van der Waals surface area contributed by atoms with Gasteiger partial charge in [-0.05, 0) is 25.3 Å². The number of piperidine rings is 1. The van der Waals surface area contributed by atoms with Crippen molar-refractivity contribution in [2.75, 3.05) is 32.1 Å². The molecule has 0 amide bonds. The van der Waals surface area contributed by atoms with Crippen LogP contribution in [0.15, 0.2) is 18.3 Å². The molecule has 1 saturated heterocycles. The summed E-state index contributed by atoms with van der Waals surface area (Å²) in [5.41, 5.74) is 1.30. The summed E-state index contributed by atoms with van der Waals surface area (Å²) in [7, 11) is 1.81. The van der Waals surface area contributed by atoms with E-state index in [1.165, 1.54) is 5.56 Å². The molecule has 0 aliphatic carbocycles. The molecule has 0 radical (unpaired) electrons. The van der Waals surface area contributed by atoms with Crippen molar-refractivity contribution >= 4 is 5.82 Å². The van der Waals surface area contributed by atoms with Crippen molar-refractivity contribution in [1.29, 1.82) is 0 Å². The summed E-state index contributed by atoms with van der Waals surface area (Å²) in [6.45, 7) is 6.36. The van der Waals surface area contributed by atoms with Gasteiger partial charge in [0.1, 0.15) is 5.82 Å². The van der Waals surface area contributed by atoms with Crippen LogP contribution in [0.25, 0.3) is 0 Å². The van der Waals surface area contributed by atoms with E-state index >= 15 is 0 Å². The van der Waals surface area contributed by atoms with E-state index in [4.69, 9.17) is 4.74 Å². The Kier molecular flexibility index (Phi) is 5.61. The molecule has 0 aromatic carbocycles. The SMILES string of the molecule is CCCNc1ncccc1CN1CCC(OC)CC1. The highest BCUT2D eigenvalue weighted by molar-refractivity contribution is 5.43. The Balaban J connectivity index is 1.91. The average Bonchev–Trinajstić information content (AvgIpc) is 2.47. The van der Waals surface area contributed by atoms with Crippen molar-refractivity contribution < 1.29 is 4.74 Å². The van der Waals surface area contributed by atoms with E-state index in [9.17, 15) is 0 Å². The molecular formula is C15H25N3O. The minimum Gasteiger partial charge on any atom is -0.381 e. The maximum Gasteiger partial charge on any atom is 0.130 e. The van der Waals surface area contributed by atoms with E-state index in [2.05, 4.69) is 28.2 Å². The minimum absolute atomic E-state index is 0.447. The van der Waals surface area contributed by atoms with Crippen molar-refractivity contribution in [3.8, 4) is 0 Å². The topological polar surface area (TPSA) is 37.4 Å². The Hall–Kier alpha value is -1.13. The second-order valence-corrected chi connectivity index (χ2v) is 5.15. The van der Waals surface area contributed by atoms with Gasteiger partial charge in [0.2, 0.25) is 0 Å². The lowest BCUT2D eigenvalue weighted by molar-refractivity contribution is 0.0389. The summed E-state index contributed by atoms with van der Waals surface area (Å²) in [6, 6.07) is 4.20. The number of nitrogens with one attached hydrogen (secondary N) is 1. The molecule has 0 saturated carbocycles.